The minimum atomic E-state index is -5.70. The largest absolute Gasteiger partial charge is 0.534 e. The SMILES string of the molecule is COc1cc(C)cc(I)c1OS(=O)(=O)C(F)(F)F. The molecule has 0 atom stereocenters. The normalized spacial score (nSPS) is 12.3. The monoisotopic (exact) mass is 396 g/mol. The highest BCUT2D eigenvalue weighted by Gasteiger charge is 2.49. The molecule has 0 bridgehead atoms. The highest BCUT2D eigenvalue weighted by atomic mass is 127. The van der Waals surface area contributed by atoms with Crippen molar-refractivity contribution in [2.24, 2.45) is 0 Å². The van der Waals surface area contributed by atoms with E-state index in [1.807, 2.05) is 0 Å². The van der Waals surface area contributed by atoms with E-state index < -0.39 is 21.4 Å². The van der Waals surface area contributed by atoms with Crippen molar-refractivity contribution in [1.82, 2.24) is 0 Å². The Labute approximate surface area is 115 Å². The molecule has 0 saturated carbocycles. The van der Waals surface area contributed by atoms with Crippen molar-refractivity contribution in [1.29, 1.82) is 0 Å². The summed E-state index contributed by atoms with van der Waals surface area (Å²) in [7, 11) is -4.50. The van der Waals surface area contributed by atoms with Crippen molar-refractivity contribution < 1.29 is 30.5 Å². The first-order valence-electron chi connectivity index (χ1n) is 4.43. The van der Waals surface area contributed by atoms with Crippen LogP contribution >= 0.6 is 22.6 Å². The fourth-order valence-corrected chi connectivity index (χ4v) is 2.59. The van der Waals surface area contributed by atoms with E-state index in [1.165, 1.54) is 19.2 Å². The van der Waals surface area contributed by atoms with Crippen LogP contribution in [-0.4, -0.2) is 21.0 Å². The predicted molar refractivity (Wildman–Crippen MR) is 66.1 cm³/mol. The maximum Gasteiger partial charge on any atom is 0.534 e. The highest BCUT2D eigenvalue weighted by molar-refractivity contribution is 14.1. The second-order valence-corrected chi connectivity index (χ2v) is 5.96. The van der Waals surface area contributed by atoms with Crippen LogP contribution in [0.3, 0.4) is 0 Å². The second kappa shape index (κ2) is 5.11. The Hall–Kier alpha value is -0.710. The van der Waals surface area contributed by atoms with Crippen LogP contribution in [0.15, 0.2) is 12.1 Å². The number of hydrogen-bond donors (Lipinski definition) is 0. The molecule has 0 amide bonds. The van der Waals surface area contributed by atoms with Gasteiger partial charge in [-0.25, -0.2) is 0 Å². The summed E-state index contributed by atoms with van der Waals surface area (Å²) >= 11 is 1.67. The van der Waals surface area contributed by atoms with Gasteiger partial charge in [0.15, 0.2) is 11.5 Å². The van der Waals surface area contributed by atoms with Crippen LogP contribution in [0.5, 0.6) is 11.5 Å². The molecule has 1 aromatic carbocycles. The number of halogens is 4. The summed E-state index contributed by atoms with van der Waals surface area (Å²) in [6.45, 7) is 1.69. The van der Waals surface area contributed by atoms with Gasteiger partial charge < -0.3 is 8.92 Å². The zero-order chi connectivity index (χ0) is 14.1. The fourth-order valence-electron chi connectivity index (χ4n) is 1.09. The van der Waals surface area contributed by atoms with Gasteiger partial charge >= 0.3 is 15.6 Å². The molecule has 0 unspecified atom stereocenters. The number of alkyl halides is 3. The van der Waals surface area contributed by atoms with E-state index in [1.54, 1.807) is 29.5 Å². The third kappa shape index (κ3) is 3.19. The maximum atomic E-state index is 12.2. The molecular formula is C9H8F3IO4S. The number of ether oxygens (including phenoxy) is 1. The summed E-state index contributed by atoms with van der Waals surface area (Å²) in [5, 5.41) is 0. The summed E-state index contributed by atoms with van der Waals surface area (Å²) < 4.78 is 67.6. The Morgan fingerprint density at radius 1 is 1.28 bits per heavy atom. The number of aryl methyl sites for hydroxylation is 1. The first-order valence-corrected chi connectivity index (χ1v) is 6.92. The lowest BCUT2D eigenvalue weighted by molar-refractivity contribution is -0.0500. The second-order valence-electron chi connectivity index (χ2n) is 3.26. The lowest BCUT2D eigenvalue weighted by atomic mass is 10.2. The molecule has 0 aromatic heterocycles. The van der Waals surface area contributed by atoms with Gasteiger partial charge in [-0.05, 0) is 47.2 Å². The van der Waals surface area contributed by atoms with Crippen LogP contribution in [0.1, 0.15) is 5.56 Å². The molecule has 0 aliphatic rings. The Bertz CT molecular complexity index is 554. The first-order chi connectivity index (χ1) is 8.08. The van der Waals surface area contributed by atoms with Crippen LogP contribution in [0.2, 0.25) is 0 Å². The molecule has 4 nitrogen and oxygen atoms in total. The lowest BCUT2D eigenvalue weighted by Crippen LogP contribution is -2.28. The summed E-state index contributed by atoms with van der Waals surface area (Å²) in [5.74, 6) is -0.548. The molecule has 0 heterocycles. The average molecular weight is 396 g/mol. The van der Waals surface area contributed by atoms with Crippen molar-refractivity contribution >= 4 is 32.7 Å². The Morgan fingerprint density at radius 3 is 2.28 bits per heavy atom. The van der Waals surface area contributed by atoms with Gasteiger partial charge in [-0.2, -0.15) is 21.6 Å². The quantitative estimate of drug-likeness (QED) is 0.448. The van der Waals surface area contributed by atoms with E-state index in [0.717, 1.165) is 0 Å². The van der Waals surface area contributed by atoms with Crippen molar-refractivity contribution in [3.63, 3.8) is 0 Å². The van der Waals surface area contributed by atoms with E-state index in [9.17, 15) is 21.6 Å². The van der Waals surface area contributed by atoms with Crippen molar-refractivity contribution in [2.45, 2.75) is 12.4 Å². The zero-order valence-corrected chi connectivity index (χ0v) is 12.2. The summed E-state index contributed by atoms with van der Waals surface area (Å²) in [6, 6.07) is 2.85. The van der Waals surface area contributed by atoms with Gasteiger partial charge in [0.25, 0.3) is 0 Å². The van der Waals surface area contributed by atoms with Crippen molar-refractivity contribution in [3.05, 3.63) is 21.3 Å². The number of benzene rings is 1. The predicted octanol–water partition coefficient (Wildman–Crippen LogP) is 2.84. The minimum Gasteiger partial charge on any atom is -0.493 e. The van der Waals surface area contributed by atoms with Crippen LogP contribution in [0.25, 0.3) is 0 Å². The molecule has 102 valence electrons. The van der Waals surface area contributed by atoms with E-state index in [4.69, 9.17) is 4.74 Å². The van der Waals surface area contributed by atoms with Gasteiger partial charge in [-0.1, -0.05) is 0 Å². The molecular weight excluding hydrogens is 388 g/mol. The average Bonchev–Trinajstić information content (AvgIpc) is 2.19. The van der Waals surface area contributed by atoms with Crippen LogP contribution < -0.4 is 8.92 Å². The Balaban J connectivity index is 3.28. The maximum absolute atomic E-state index is 12.2. The minimum absolute atomic E-state index is 0.0766. The third-order valence-electron chi connectivity index (χ3n) is 1.85. The van der Waals surface area contributed by atoms with E-state index in [0.29, 0.717) is 5.56 Å². The van der Waals surface area contributed by atoms with Gasteiger partial charge in [-0.3, -0.25) is 0 Å². The van der Waals surface area contributed by atoms with E-state index >= 15 is 0 Å². The molecule has 0 aliphatic heterocycles. The molecule has 0 aliphatic carbocycles. The number of methoxy groups -OCH3 is 1. The van der Waals surface area contributed by atoms with Gasteiger partial charge in [-0.15, -0.1) is 0 Å². The highest BCUT2D eigenvalue weighted by Crippen LogP contribution is 2.37. The molecule has 9 heteroatoms. The lowest BCUT2D eigenvalue weighted by Gasteiger charge is -2.14. The van der Waals surface area contributed by atoms with Gasteiger partial charge in [0.05, 0.1) is 10.7 Å². The van der Waals surface area contributed by atoms with Gasteiger partial charge in [0.2, 0.25) is 0 Å². The third-order valence-corrected chi connectivity index (χ3v) is 3.60. The molecule has 18 heavy (non-hydrogen) atoms. The Kier molecular flexibility index (Phi) is 4.36. The van der Waals surface area contributed by atoms with Crippen LogP contribution in [0, 0.1) is 10.5 Å². The van der Waals surface area contributed by atoms with Crippen molar-refractivity contribution in [3.8, 4) is 11.5 Å². The van der Waals surface area contributed by atoms with E-state index in [2.05, 4.69) is 4.18 Å². The van der Waals surface area contributed by atoms with Gasteiger partial charge in [0, 0.05) is 0 Å². The summed E-state index contributed by atoms with van der Waals surface area (Å²) in [4.78, 5) is 0. The summed E-state index contributed by atoms with van der Waals surface area (Å²) in [6.07, 6.45) is 0. The zero-order valence-electron chi connectivity index (χ0n) is 9.21. The Morgan fingerprint density at radius 2 is 1.83 bits per heavy atom. The number of hydrogen-bond acceptors (Lipinski definition) is 4. The van der Waals surface area contributed by atoms with Crippen LogP contribution in [-0.2, 0) is 10.1 Å². The van der Waals surface area contributed by atoms with E-state index in [-0.39, 0.29) is 9.32 Å². The molecule has 0 spiro atoms. The van der Waals surface area contributed by atoms with Gasteiger partial charge in [0.1, 0.15) is 0 Å². The smallest absolute Gasteiger partial charge is 0.493 e. The molecule has 1 rings (SSSR count). The first kappa shape index (κ1) is 15.3. The molecule has 0 radical (unpaired) electrons. The molecule has 0 fully saturated rings. The number of rotatable bonds is 3. The van der Waals surface area contributed by atoms with Crippen molar-refractivity contribution in [2.75, 3.05) is 7.11 Å². The molecule has 0 N–H and O–H groups in total. The fraction of sp³-hybridized carbons (Fsp3) is 0.333. The molecule has 1 aromatic rings. The summed E-state index contributed by atoms with van der Waals surface area (Å²) in [5.41, 5.74) is -4.78. The standard InChI is InChI=1S/C9H8F3IO4S/c1-5-3-6(13)8(7(4-5)16-2)17-18(14,15)9(10,11)12/h3-4H,1-2H3. The topological polar surface area (TPSA) is 52.6 Å². The molecule has 0 saturated heterocycles. The van der Waals surface area contributed by atoms with Crippen LogP contribution in [0.4, 0.5) is 13.2 Å².